The average Bonchev–Trinajstić information content (AvgIpc) is 3.71. The summed E-state index contributed by atoms with van der Waals surface area (Å²) < 4.78 is 27.3. The Kier molecular flexibility index (Phi) is 8.96. The first kappa shape index (κ1) is 30.9. The first-order valence-corrected chi connectivity index (χ1v) is 15.5. The predicted molar refractivity (Wildman–Crippen MR) is 172 cm³/mol. The molecule has 6 rings (SSSR count). The van der Waals surface area contributed by atoms with E-state index in [1.165, 1.54) is 13.2 Å². The van der Waals surface area contributed by atoms with Crippen LogP contribution in [-0.4, -0.2) is 78.0 Å². The van der Waals surface area contributed by atoms with E-state index in [0.29, 0.717) is 46.6 Å². The highest BCUT2D eigenvalue weighted by Crippen LogP contribution is 2.39. The van der Waals surface area contributed by atoms with Gasteiger partial charge in [0, 0.05) is 53.3 Å². The summed E-state index contributed by atoms with van der Waals surface area (Å²) in [4.78, 5) is 42.4. The molecule has 9 nitrogen and oxygen atoms in total. The maximum absolute atomic E-state index is 16.6. The lowest BCUT2D eigenvalue weighted by molar-refractivity contribution is -0.135. The molecule has 0 spiro atoms. The Hall–Kier alpha value is -4.15. The van der Waals surface area contributed by atoms with Crippen LogP contribution in [0.3, 0.4) is 0 Å². The number of ketones is 1. The van der Waals surface area contributed by atoms with Gasteiger partial charge in [0.05, 0.1) is 12.5 Å². The Balaban J connectivity index is 1.38. The number of pyridine rings is 1. The molecule has 0 N–H and O–H groups in total. The molecule has 45 heavy (non-hydrogen) atoms. The van der Waals surface area contributed by atoms with Crippen LogP contribution >= 0.6 is 11.6 Å². The number of hydrogen-bond acceptors (Lipinski definition) is 9. The number of halogens is 2. The van der Waals surface area contributed by atoms with Gasteiger partial charge in [0.15, 0.2) is 11.6 Å². The lowest BCUT2D eigenvalue weighted by Crippen LogP contribution is -2.32. The van der Waals surface area contributed by atoms with Gasteiger partial charge in [0.2, 0.25) is 0 Å². The normalized spacial score (nSPS) is 20.3. The molecule has 2 aromatic heterocycles. The topological polar surface area (TPSA) is 97.8 Å². The molecule has 3 heterocycles. The molecule has 1 aliphatic heterocycles. The van der Waals surface area contributed by atoms with E-state index in [1.807, 2.05) is 36.2 Å². The van der Waals surface area contributed by atoms with Crippen LogP contribution in [0.15, 0.2) is 54.7 Å². The number of hydrogen-bond donors (Lipinski definition) is 0. The number of esters is 1. The Morgan fingerprint density at radius 2 is 1.93 bits per heavy atom. The molecule has 2 fully saturated rings. The Bertz CT molecular complexity index is 1790. The van der Waals surface area contributed by atoms with Crippen LogP contribution in [0.2, 0.25) is 5.02 Å². The first-order chi connectivity index (χ1) is 21.7. The SMILES string of the molecule is COC(=O)/C=C/C(=O)C1CCC(N(C)c2nc(OC[C@@H]3CCCN3C)nc3c(F)c(-c4cccc5cccc(Cl)c45)ncc23)C1. The molecule has 234 valence electrons. The number of aromatic nitrogens is 3. The number of carbonyl (C=O) groups excluding carboxylic acids is 2. The number of methoxy groups -OCH3 is 1. The van der Waals surface area contributed by atoms with Crippen LogP contribution in [0.5, 0.6) is 6.01 Å². The number of fused-ring (bicyclic) bond motifs is 2. The van der Waals surface area contributed by atoms with Crippen LogP contribution in [0.25, 0.3) is 32.9 Å². The number of benzene rings is 2. The fourth-order valence-electron chi connectivity index (χ4n) is 6.49. The van der Waals surface area contributed by atoms with Crippen molar-refractivity contribution in [3.8, 4) is 17.3 Å². The number of carbonyl (C=O) groups is 2. The van der Waals surface area contributed by atoms with Gasteiger partial charge in [0.1, 0.15) is 23.6 Å². The summed E-state index contributed by atoms with van der Waals surface area (Å²) in [6.45, 7) is 1.38. The highest BCUT2D eigenvalue weighted by molar-refractivity contribution is 6.36. The van der Waals surface area contributed by atoms with Crippen LogP contribution in [0.4, 0.5) is 10.2 Å². The lowest BCUT2D eigenvalue weighted by atomic mass is 10.0. The molecule has 11 heteroatoms. The highest BCUT2D eigenvalue weighted by atomic mass is 35.5. The molecular weight excluding hydrogens is 597 g/mol. The maximum Gasteiger partial charge on any atom is 0.330 e. The van der Waals surface area contributed by atoms with Crippen molar-refractivity contribution in [1.29, 1.82) is 0 Å². The van der Waals surface area contributed by atoms with E-state index in [0.717, 1.165) is 37.3 Å². The third-order valence-corrected chi connectivity index (χ3v) is 9.42. The van der Waals surface area contributed by atoms with Gasteiger partial charge in [-0.1, -0.05) is 41.9 Å². The van der Waals surface area contributed by atoms with Gasteiger partial charge in [-0.15, -0.1) is 0 Å². The van der Waals surface area contributed by atoms with Crippen molar-refractivity contribution in [1.82, 2.24) is 19.9 Å². The second-order valence-corrected chi connectivity index (χ2v) is 12.2. The summed E-state index contributed by atoms with van der Waals surface area (Å²) in [5.41, 5.74) is 0.805. The summed E-state index contributed by atoms with van der Waals surface area (Å²) in [6, 6.07) is 11.4. The third kappa shape index (κ3) is 6.21. The van der Waals surface area contributed by atoms with Gasteiger partial charge in [-0.3, -0.25) is 9.78 Å². The zero-order chi connectivity index (χ0) is 31.7. The minimum Gasteiger partial charge on any atom is -0.466 e. The second-order valence-electron chi connectivity index (χ2n) is 11.8. The van der Waals surface area contributed by atoms with E-state index >= 15 is 4.39 Å². The molecule has 0 amide bonds. The first-order valence-electron chi connectivity index (χ1n) is 15.1. The fraction of sp³-hybridized carbons (Fsp3) is 0.382. The zero-order valence-electron chi connectivity index (χ0n) is 25.5. The molecule has 1 saturated heterocycles. The minimum atomic E-state index is -0.591. The minimum absolute atomic E-state index is 0.0583. The molecule has 4 aromatic rings. The summed E-state index contributed by atoms with van der Waals surface area (Å²) >= 11 is 6.58. The molecule has 2 aromatic carbocycles. The number of allylic oxidation sites excluding steroid dienone is 1. The van der Waals surface area contributed by atoms with Crippen LogP contribution in [0, 0.1) is 11.7 Å². The number of rotatable bonds is 9. The summed E-state index contributed by atoms with van der Waals surface area (Å²) in [5.74, 6) is -1.06. The number of likely N-dealkylation sites (N-methyl/N-ethyl adjacent to an activating group) is 1. The van der Waals surface area contributed by atoms with Crippen LogP contribution < -0.4 is 9.64 Å². The van der Waals surface area contributed by atoms with E-state index in [9.17, 15) is 9.59 Å². The van der Waals surface area contributed by atoms with Crippen molar-refractivity contribution in [2.75, 3.05) is 39.3 Å². The van der Waals surface area contributed by atoms with Crippen molar-refractivity contribution >= 4 is 50.8 Å². The molecule has 0 radical (unpaired) electrons. The monoisotopic (exact) mass is 631 g/mol. The third-order valence-electron chi connectivity index (χ3n) is 9.10. The highest BCUT2D eigenvalue weighted by Gasteiger charge is 2.33. The summed E-state index contributed by atoms with van der Waals surface area (Å²) in [6.07, 6.45) is 8.05. The average molecular weight is 632 g/mol. The van der Waals surface area contributed by atoms with Crippen LogP contribution in [0.1, 0.15) is 32.1 Å². The summed E-state index contributed by atoms with van der Waals surface area (Å²) in [5, 5.41) is 2.53. The van der Waals surface area contributed by atoms with E-state index in [2.05, 4.69) is 26.7 Å². The molecule has 1 saturated carbocycles. The molecule has 1 aliphatic carbocycles. The smallest absolute Gasteiger partial charge is 0.330 e. The van der Waals surface area contributed by atoms with Gasteiger partial charge in [-0.25, -0.2) is 9.18 Å². The number of anilines is 1. The van der Waals surface area contributed by atoms with Crippen molar-refractivity contribution in [2.24, 2.45) is 5.92 Å². The largest absolute Gasteiger partial charge is 0.466 e. The number of likely N-dealkylation sites (tertiary alicyclic amines) is 1. The lowest BCUT2D eigenvalue weighted by Gasteiger charge is -2.27. The predicted octanol–water partition coefficient (Wildman–Crippen LogP) is 6.01. The Morgan fingerprint density at radius 3 is 2.69 bits per heavy atom. The quantitative estimate of drug-likeness (QED) is 0.162. The molecule has 3 atom stereocenters. The molecular formula is C34H35ClFN5O4. The van der Waals surface area contributed by atoms with Gasteiger partial charge >= 0.3 is 12.0 Å². The molecule has 2 unspecified atom stereocenters. The number of nitrogens with zero attached hydrogens (tertiary/aromatic N) is 5. The Morgan fingerprint density at radius 1 is 1.13 bits per heavy atom. The molecule has 2 aliphatic rings. The maximum atomic E-state index is 16.6. The van der Waals surface area contributed by atoms with Gasteiger partial charge < -0.3 is 19.3 Å². The number of ether oxygens (including phenoxy) is 2. The zero-order valence-corrected chi connectivity index (χ0v) is 26.3. The van der Waals surface area contributed by atoms with Gasteiger partial charge in [0.25, 0.3) is 0 Å². The van der Waals surface area contributed by atoms with Crippen molar-refractivity contribution in [3.05, 3.63) is 65.6 Å². The fourth-order valence-corrected chi connectivity index (χ4v) is 6.77. The summed E-state index contributed by atoms with van der Waals surface area (Å²) in [7, 11) is 5.21. The van der Waals surface area contributed by atoms with E-state index in [-0.39, 0.29) is 41.0 Å². The van der Waals surface area contributed by atoms with Crippen molar-refractivity contribution in [3.63, 3.8) is 0 Å². The van der Waals surface area contributed by atoms with Crippen molar-refractivity contribution < 1.29 is 23.5 Å². The Labute approximate surface area is 266 Å². The molecule has 0 bridgehead atoms. The van der Waals surface area contributed by atoms with Gasteiger partial charge in [-0.2, -0.15) is 9.97 Å². The van der Waals surface area contributed by atoms with Crippen molar-refractivity contribution in [2.45, 2.75) is 44.2 Å². The second kappa shape index (κ2) is 13.1. The van der Waals surface area contributed by atoms with E-state index in [4.69, 9.17) is 21.3 Å². The van der Waals surface area contributed by atoms with E-state index < -0.39 is 11.8 Å². The standard InChI is InChI=1S/C34H35ClFN5O4/c1-40-16-6-9-23(40)19-45-34-38-32-25(18-37-31(30(32)36)24-10-4-7-20-8-5-11-26(35)29(20)24)33(39-34)41(2)22-13-12-21(17-22)27(42)14-15-28(43)44-3/h4-5,7-8,10-11,14-15,18,21-23H,6,9,12-13,16-17,19H2,1-3H3/b15-14+/t21?,22?,23-/m0/s1. The van der Waals surface area contributed by atoms with E-state index in [1.54, 1.807) is 18.3 Å². The van der Waals surface area contributed by atoms with Gasteiger partial charge in [-0.05, 0) is 63.2 Å². The van der Waals surface area contributed by atoms with Crippen LogP contribution in [-0.2, 0) is 14.3 Å².